The van der Waals surface area contributed by atoms with Crippen LogP contribution in [0.3, 0.4) is 0 Å². The van der Waals surface area contributed by atoms with Crippen molar-refractivity contribution in [3.8, 4) is 17.2 Å². The lowest BCUT2D eigenvalue weighted by molar-refractivity contribution is -0.137. The van der Waals surface area contributed by atoms with Crippen LogP contribution in [0.2, 0.25) is 0 Å². The number of allylic oxidation sites excluding steroid dienone is 1. The second-order valence-electron chi connectivity index (χ2n) is 10.7. The van der Waals surface area contributed by atoms with E-state index < -0.39 is 5.97 Å². The number of rotatable bonds is 11. The minimum absolute atomic E-state index is 0.0443. The third kappa shape index (κ3) is 5.95. The van der Waals surface area contributed by atoms with E-state index in [0.717, 1.165) is 23.5 Å². The van der Waals surface area contributed by atoms with Gasteiger partial charge in [0, 0.05) is 37.7 Å². The number of methoxy groups -OCH3 is 1. The van der Waals surface area contributed by atoms with Gasteiger partial charge in [-0.25, -0.2) is 0 Å². The number of likely N-dealkylation sites (tertiary alicyclic amines) is 1. The third-order valence-corrected chi connectivity index (χ3v) is 8.05. The number of carbonyl (C=O) groups is 2. The molecule has 0 bridgehead atoms. The van der Waals surface area contributed by atoms with Gasteiger partial charge in [0.25, 0.3) is 5.91 Å². The largest absolute Gasteiger partial charge is 0.493 e. The van der Waals surface area contributed by atoms with Gasteiger partial charge in [-0.3, -0.25) is 14.6 Å². The van der Waals surface area contributed by atoms with Crippen LogP contribution in [0, 0.1) is 5.41 Å². The van der Waals surface area contributed by atoms with Gasteiger partial charge in [0.15, 0.2) is 11.5 Å². The van der Waals surface area contributed by atoms with Crippen molar-refractivity contribution in [1.82, 2.24) is 9.88 Å². The number of hydrogen-bond donors (Lipinski definition) is 1. The average Bonchev–Trinajstić information content (AvgIpc) is 3.53. The molecule has 0 radical (unpaired) electrons. The molecule has 5 rings (SSSR count). The molecule has 3 aliphatic rings. The minimum atomic E-state index is -0.856. The summed E-state index contributed by atoms with van der Waals surface area (Å²) < 4.78 is 17.4. The van der Waals surface area contributed by atoms with E-state index in [1.54, 1.807) is 24.1 Å². The van der Waals surface area contributed by atoms with Gasteiger partial charge < -0.3 is 24.2 Å². The SMILES string of the molecule is COc1cc(C2CN(C(=O)c3cc(OCCCC(=O)O)ccn3)C2)ccc1OCC1=CC2(CCCC2)CC1. The highest BCUT2D eigenvalue weighted by atomic mass is 16.5. The van der Waals surface area contributed by atoms with Gasteiger partial charge in [0.1, 0.15) is 18.1 Å². The molecule has 0 atom stereocenters. The number of ether oxygens (including phenoxy) is 3. The third-order valence-electron chi connectivity index (χ3n) is 8.05. The molecule has 1 aromatic carbocycles. The molecule has 1 aromatic heterocycles. The van der Waals surface area contributed by atoms with E-state index in [4.69, 9.17) is 19.3 Å². The Balaban J connectivity index is 1.13. The second kappa shape index (κ2) is 11.5. The smallest absolute Gasteiger partial charge is 0.303 e. The van der Waals surface area contributed by atoms with Crippen molar-refractivity contribution in [3.63, 3.8) is 0 Å². The Labute approximate surface area is 223 Å². The summed E-state index contributed by atoms with van der Waals surface area (Å²) in [6.45, 7) is 2.08. The molecule has 202 valence electrons. The molecule has 2 heterocycles. The molecule has 0 unspecified atom stereocenters. The Kier molecular flexibility index (Phi) is 7.86. The fourth-order valence-corrected chi connectivity index (χ4v) is 5.85. The molecule has 1 amide bonds. The van der Waals surface area contributed by atoms with Crippen LogP contribution < -0.4 is 14.2 Å². The maximum atomic E-state index is 12.9. The molecular formula is C30H36N2O6. The maximum Gasteiger partial charge on any atom is 0.303 e. The number of carboxylic acid groups (broad SMARTS) is 1. The number of pyridine rings is 1. The van der Waals surface area contributed by atoms with E-state index in [1.807, 2.05) is 12.1 Å². The van der Waals surface area contributed by atoms with Gasteiger partial charge in [-0.1, -0.05) is 25.0 Å². The fourth-order valence-electron chi connectivity index (χ4n) is 5.85. The zero-order valence-corrected chi connectivity index (χ0v) is 22.0. The van der Waals surface area contributed by atoms with Gasteiger partial charge in [0.05, 0.1) is 13.7 Å². The first kappa shape index (κ1) is 26.1. The highest BCUT2D eigenvalue weighted by Gasteiger charge is 2.36. The quantitative estimate of drug-likeness (QED) is 0.320. The van der Waals surface area contributed by atoms with Crippen molar-refractivity contribution in [3.05, 3.63) is 59.4 Å². The lowest BCUT2D eigenvalue weighted by atomic mass is 9.86. The molecule has 2 aliphatic carbocycles. The molecule has 1 saturated carbocycles. The molecule has 1 saturated heterocycles. The molecule has 1 N–H and O–H groups in total. The maximum absolute atomic E-state index is 12.9. The van der Waals surface area contributed by atoms with E-state index in [1.165, 1.54) is 43.9 Å². The predicted octanol–water partition coefficient (Wildman–Crippen LogP) is 5.23. The minimum Gasteiger partial charge on any atom is -0.493 e. The normalized spacial score (nSPS) is 18.2. The Hall–Kier alpha value is -3.55. The van der Waals surface area contributed by atoms with Crippen LogP contribution in [0.5, 0.6) is 17.2 Å². The summed E-state index contributed by atoms with van der Waals surface area (Å²) in [5, 5.41) is 8.74. The van der Waals surface area contributed by atoms with Crippen molar-refractivity contribution in [1.29, 1.82) is 0 Å². The predicted molar refractivity (Wildman–Crippen MR) is 142 cm³/mol. The van der Waals surface area contributed by atoms with Crippen LogP contribution in [0.25, 0.3) is 0 Å². The number of hydrogen-bond acceptors (Lipinski definition) is 6. The summed E-state index contributed by atoms with van der Waals surface area (Å²) in [5.74, 6) is 1.20. The van der Waals surface area contributed by atoms with Crippen molar-refractivity contribution < 1.29 is 28.9 Å². The van der Waals surface area contributed by atoms with Crippen molar-refractivity contribution in [2.45, 2.75) is 57.3 Å². The van der Waals surface area contributed by atoms with Crippen LogP contribution in [0.15, 0.2) is 48.2 Å². The second-order valence-corrected chi connectivity index (χ2v) is 10.7. The number of benzene rings is 1. The first-order chi connectivity index (χ1) is 18.4. The topological polar surface area (TPSA) is 98.2 Å². The van der Waals surface area contributed by atoms with Gasteiger partial charge in [-0.15, -0.1) is 0 Å². The molecule has 8 heteroatoms. The Morgan fingerprint density at radius 3 is 2.66 bits per heavy atom. The fraction of sp³-hybridized carbons (Fsp3) is 0.500. The molecule has 2 aromatic rings. The van der Waals surface area contributed by atoms with Crippen molar-refractivity contribution in [2.75, 3.05) is 33.4 Å². The van der Waals surface area contributed by atoms with Gasteiger partial charge >= 0.3 is 5.97 Å². The van der Waals surface area contributed by atoms with Gasteiger partial charge in [0.2, 0.25) is 0 Å². The lowest BCUT2D eigenvalue weighted by Gasteiger charge is -2.39. The van der Waals surface area contributed by atoms with Gasteiger partial charge in [-0.2, -0.15) is 0 Å². The Morgan fingerprint density at radius 1 is 1.08 bits per heavy atom. The molecule has 2 fully saturated rings. The summed E-state index contributed by atoms with van der Waals surface area (Å²) in [6, 6.07) is 9.34. The van der Waals surface area contributed by atoms with E-state index >= 15 is 0 Å². The number of amides is 1. The van der Waals surface area contributed by atoms with Crippen LogP contribution in [-0.2, 0) is 4.79 Å². The van der Waals surface area contributed by atoms with Crippen LogP contribution >= 0.6 is 0 Å². The van der Waals surface area contributed by atoms with E-state index in [2.05, 4.69) is 17.1 Å². The average molecular weight is 521 g/mol. The van der Waals surface area contributed by atoms with Crippen LogP contribution in [-0.4, -0.2) is 60.3 Å². The van der Waals surface area contributed by atoms with E-state index in [9.17, 15) is 9.59 Å². The molecule has 8 nitrogen and oxygen atoms in total. The number of nitrogens with zero attached hydrogens (tertiary/aromatic N) is 2. The summed E-state index contributed by atoms with van der Waals surface area (Å²) in [6.07, 6.45) is 12.2. The zero-order chi connectivity index (χ0) is 26.5. The molecule has 38 heavy (non-hydrogen) atoms. The number of carboxylic acids is 1. The highest BCUT2D eigenvalue weighted by Crippen LogP contribution is 2.48. The molecule has 1 aliphatic heterocycles. The zero-order valence-electron chi connectivity index (χ0n) is 22.0. The highest BCUT2D eigenvalue weighted by molar-refractivity contribution is 5.93. The van der Waals surface area contributed by atoms with Crippen molar-refractivity contribution in [2.24, 2.45) is 5.41 Å². The molecular weight excluding hydrogens is 484 g/mol. The Morgan fingerprint density at radius 2 is 1.89 bits per heavy atom. The lowest BCUT2D eigenvalue weighted by Crippen LogP contribution is -2.48. The summed E-state index contributed by atoms with van der Waals surface area (Å²) in [4.78, 5) is 29.5. The molecule has 1 spiro atoms. The summed E-state index contributed by atoms with van der Waals surface area (Å²) in [7, 11) is 1.66. The van der Waals surface area contributed by atoms with Crippen molar-refractivity contribution >= 4 is 11.9 Å². The first-order valence-electron chi connectivity index (χ1n) is 13.6. The van der Waals surface area contributed by atoms with Gasteiger partial charge in [-0.05, 0) is 66.9 Å². The monoisotopic (exact) mass is 520 g/mol. The summed E-state index contributed by atoms with van der Waals surface area (Å²) in [5.41, 5.74) is 3.27. The standard InChI is InChI=1S/C30H36N2O6/c1-36-27-15-22(6-7-26(27)38-20-21-8-12-30(17-21)10-2-3-11-30)23-18-32(19-23)29(35)25-16-24(9-13-31-25)37-14-4-5-28(33)34/h6-7,9,13,15-17,23H,2-5,8,10-12,14,18-20H2,1H3,(H,33,34). The number of aromatic nitrogens is 1. The Bertz CT molecular complexity index is 1200. The van der Waals surface area contributed by atoms with E-state index in [-0.39, 0.29) is 24.9 Å². The number of carbonyl (C=O) groups excluding carboxylic acids is 1. The van der Waals surface area contributed by atoms with E-state index in [0.29, 0.717) is 43.0 Å². The first-order valence-corrected chi connectivity index (χ1v) is 13.6. The van der Waals surface area contributed by atoms with Crippen LogP contribution in [0.1, 0.15) is 73.3 Å². The number of aliphatic carboxylic acids is 1. The summed E-state index contributed by atoms with van der Waals surface area (Å²) >= 11 is 0. The van der Waals surface area contributed by atoms with Crippen LogP contribution in [0.4, 0.5) is 0 Å².